The third-order valence-electron chi connectivity index (χ3n) is 14.5. The third kappa shape index (κ3) is 27.9. The third-order valence-corrected chi connectivity index (χ3v) is 15.3. The molecule has 3 heterocycles. The number of nitrogens with zero attached hydrogens (tertiary/aromatic N) is 2. The van der Waals surface area contributed by atoms with E-state index in [0.29, 0.717) is 96.7 Å². The summed E-state index contributed by atoms with van der Waals surface area (Å²) in [6.07, 6.45) is -10.9. The van der Waals surface area contributed by atoms with Gasteiger partial charge in [-0.2, -0.15) is 0 Å². The van der Waals surface area contributed by atoms with Gasteiger partial charge in [-0.25, -0.2) is 0 Å². The number of ketones is 1. The van der Waals surface area contributed by atoms with Crippen LogP contribution in [0.5, 0.6) is 0 Å². The Morgan fingerprint density at radius 2 is 0.882 bits per heavy atom. The number of unbranched alkanes of at least 4 members (excludes halogenated alkanes) is 5. The van der Waals surface area contributed by atoms with E-state index in [0.717, 1.165) is 0 Å². The maximum absolute atomic E-state index is 13.7. The van der Waals surface area contributed by atoms with Crippen LogP contribution in [-0.2, 0) is 66.3 Å². The molecule has 494 valence electrons. The number of carbonyl (C=O) groups excluding carboxylic acids is 6. The number of carbonyl (C=O) groups is 6. The van der Waals surface area contributed by atoms with Crippen molar-refractivity contribution in [2.45, 2.75) is 209 Å². The second kappa shape index (κ2) is 40.2. The van der Waals surface area contributed by atoms with Crippen LogP contribution < -0.4 is 21.3 Å². The normalized spacial score (nSPS) is 28.4. The molecule has 0 aliphatic carbocycles. The molecular formula is C54H99N6O24P. The summed E-state index contributed by atoms with van der Waals surface area (Å²) in [6.45, 7) is 6.77. The van der Waals surface area contributed by atoms with Gasteiger partial charge in [0.2, 0.25) is 23.6 Å². The maximum Gasteiger partial charge on any atom is 0.253 e. The first-order valence-corrected chi connectivity index (χ1v) is 32.0. The lowest BCUT2D eigenvalue weighted by molar-refractivity contribution is -0.270. The van der Waals surface area contributed by atoms with Crippen LogP contribution in [-0.4, -0.2) is 293 Å². The Morgan fingerprint density at radius 1 is 0.506 bits per heavy atom. The summed E-state index contributed by atoms with van der Waals surface area (Å²) in [5.41, 5.74) is 0. The predicted octanol–water partition coefficient (Wildman–Crippen LogP) is -3.94. The van der Waals surface area contributed by atoms with Crippen molar-refractivity contribution in [2.24, 2.45) is 0 Å². The number of hydrogen-bond donors (Lipinski definition) is 14. The van der Waals surface area contributed by atoms with Crippen molar-refractivity contribution < 1.29 is 117 Å². The maximum atomic E-state index is 13.7. The highest BCUT2D eigenvalue weighted by atomic mass is 31.2. The van der Waals surface area contributed by atoms with E-state index >= 15 is 0 Å². The van der Waals surface area contributed by atoms with Gasteiger partial charge in [0.05, 0.1) is 26.4 Å². The Balaban J connectivity index is 1.56. The van der Waals surface area contributed by atoms with Crippen molar-refractivity contribution in [3.63, 3.8) is 0 Å². The molecule has 3 fully saturated rings. The van der Waals surface area contributed by atoms with Crippen molar-refractivity contribution in [3.05, 3.63) is 0 Å². The van der Waals surface area contributed by atoms with Gasteiger partial charge in [0.15, 0.2) is 32.3 Å². The Bertz CT molecular complexity index is 2030. The second-order valence-corrected chi connectivity index (χ2v) is 24.9. The minimum absolute atomic E-state index is 0.0398. The molecule has 0 saturated carbocycles. The number of amides is 5. The Kier molecular flexibility index (Phi) is 35.9. The van der Waals surface area contributed by atoms with E-state index in [1.165, 1.54) is 39.0 Å². The molecule has 0 radical (unpaired) electrons. The minimum atomic E-state index is -3.05. The first-order valence-electron chi connectivity index (χ1n) is 29.5. The standard InChI is InChI=1S/C54H99N6O24P/c1-33(64)56-42-48(73)45(70)38(29-61)82-52(42)78-26-12-6-10-21-59(22-11-7-17-36(67)18-8-13-27-79-53-43(57-34(2)65)49(74)46(71)39(30-62)83-53)23-16-25-60(51(76)37(68)32-81-85(4,5)77)24-15-20-55-41(69)19-9-14-28-80-54-44(58-35(3)66)50(75)47(72)40(31-63)84-54/h37-40,42-50,52-54,61-63,68,70-75H,6-32H2,1-5H3,(H,55,69)(H,56,64)(H,57,65)(H,58,66)/t37?,38?,39?,40?,42?,43?,44?,45-,46-,47-,48+,49+,50+,52+,53+,54+/m0/s1. The highest BCUT2D eigenvalue weighted by molar-refractivity contribution is 7.57. The fourth-order valence-electron chi connectivity index (χ4n) is 9.92. The van der Waals surface area contributed by atoms with Crippen molar-refractivity contribution in [1.29, 1.82) is 0 Å². The summed E-state index contributed by atoms with van der Waals surface area (Å²) in [4.78, 5) is 78.5. The molecule has 0 spiro atoms. The van der Waals surface area contributed by atoms with E-state index in [2.05, 4.69) is 26.2 Å². The number of Topliss-reactive ketones (excluding diaryl/α,β-unsaturated/α-hetero) is 1. The SMILES string of the molecule is CC(=O)NC1[C@H](OCCCCCN(CCCCC(=O)CCCCO[C@@H]2OC(CO)[C@H](O)[C@H](O)C2NC(C)=O)CCCN(CCCNC(=O)CCCCO[C@@H]2OC(CO)[C@H](O)[C@H](O)C2NC(C)=O)C(=O)C(O)COP(C)(C)=O)OC(CO)[C@H](O)[C@@H]1O. The molecule has 3 rings (SSSR count). The number of ether oxygens (including phenoxy) is 6. The first-order chi connectivity index (χ1) is 40.3. The van der Waals surface area contributed by atoms with Gasteiger partial charge in [0.25, 0.3) is 5.91 Å². The van der Waals surface area contributed by atoms with E-state index in [1.807, 2.05) is 0 Å². The lowest BCUT2D eigenvalue weighted by Gasteiger charge is -2.42. The first kappa shape index (κ1) is 75.8. The second-order valence-electron chi connectivity index (χ2n) is 22.2. The fourth-order valence-corrected chi connectivity index (χ4v) is 10.4. The van der Waals surface area contributed by atoms with Gasteiger partial charge in [-0.1, -0.05) is 0 Å². The average Bonchev–Trinajstić information content (AvgIpc) is 2.66. The molecule has 3 aliphatic heterocycles. The van der Waals surface area contributed by atoms with Crippen LogP contribution in [0.25, 0.3) is 0 Å². The van der Waals surface area contributed by atoms with Crippen molar-refractivity contribution >= 4 is 42.7 Å². The molecular weight excluding hydrogens is 1150 g/mol. The largest absolute Gasteiger partial charge is 0.394 e. The smallest absolute Gasteiger partial charge is 0.253 e. The van der Waals surface area contributed by atoms with E-state index in [9.17, 15) is 84.4 Å². The van der Waals surface area contributed by atoms with Gasteiger partial charge < -0.3 is 115 Å². The van der Waals surface area contributed by atoms with Crippen LogP contribution in [0.2, 0.25) is 0 Å². The van der Waals surface area contributed by atoms with Crippen molar-refractivity contribution in [3.8, 4) is 0 Å². The minimum Gasteiger partial charge on any atom is -0.394 e. The number of nitrogens with one attached hydrogen (secondary N) is 4. The Morgan fingerprint density at radius 3 is 1.29 bits per heavy atom. The summed E-state index contributed by atoms with van der Waals surface area (Å²) >= 11 is 0. The molecule has 0 bridgehead atoms. The zero-order valence-corrected chi connectivity index (χ0v) is 50.8. The predicted molar refractivity (Wildman–Crippen MR) is 301 cm³/mol. The summed E-state index contributed by atoms with van der Waals surface area (Å²) in [7, 11) is -3.05. The zero-order chi connectivity index (χ0) is 63.2. The molecule has 7 unspecified atom stereocenters. The molecule has 85 heavy (non-hydrogen) atoms. The topological polar surface area (TPSA) is 441 Å². The lowest BCUT2D eigenvalue weighted by Crippen LogP contribution is -2.64. The van der Waals surface area contributed by atoms with Crippen molar-refractivity contribution in [1.82, 2.24) is 31.1 Å². The van der Waals surface area contributed by atoms with Crippen LogP contribution in [0.1, 0.15) is 111 Å². The number of aliphatic hydroxyl groups excluding tert-OH is 10. The molecule has 16 atom stereocenters. The van der Waals surface area contributed by atoms with Crippen LogP contribution in [0, 0.1) is 0 Å². The van der Waals surface area contributed by atoms with Gasteiger partial charge >= 0.3 is 0 Å². The fraction of sp³-hybridized carbons (Fsp3) is 0.889. The van der Waals surface area contributed by atoms with Crippen LogP contribution in [0.4, 0.5) is 0 Å². The average molecular weight is 1250 g/mol. The van der Waals surface area contributed by atoms with Crippen molar-refractivity contribution in [2.75, 3.05) is 98.8 Å². The summed E-state index contributed by atoms with van der Waals surface area (Å²) in [5.74, 6) is -2.33. The van der Waals surface area contributed by atoms with Gasteiger partial charge in [-0.15, -0.1) is 0 Å². The molecule has 0 aromatic heterocycles. The number of aliphatic hydroxyl groups is 10. The van der Waals surface area contributed by atoms with Gasteiger partial charge in [0.1, 0.15) is 78.8 Å². The molecule has 30 nitrogen and oxygen atoms in total. The number of hydrogen-bond acceptors (Lipinski definition) is 25. The molecule has 31 heteroatoms. The number of rotatable bonds is 42. The Labute approximate surface area is 497 Å². The van der Waals surface area contributed by atoms with Gasteiger partial charge in [-0.05, 0) is 90.3 Å². The van der Waals surface area contributed by atoms with Gasteiger partial charge in [0, 0.05) is 92.8 Å². The summed E-state index contributed by atoms with van der Waals surface area (Å²) in [6, 6.07) is -3.26. The molecule has 0 aromatic carbocycles. The monoisotopic (exact) mass is 1250 g/mol. The molecule has 3 aliphatic rings. The highest BCUT2D eigenvalue weighted by Crippen LogP contribution is 2.37. The quantitative estimate of drug-likeness (QED) is 0.0205. The van der Waals surface area contributed by atoms with Crippen LogP contribution in [0.3, 0.4) is 0 Å². The summed E-state index contributed by atoms with van der Waals surface area (Å²) < 4.78 is 51.8. The molecule has 0 aromatic rings. The zero-order valence-electron chi connectivity index (χ0n) is 49.9. The molecule has 3 saturated heterocycles. The van der Waals surface area contributed by atoms with Crippen LogP contribution in [0.15, 0.2) is 0 Å². The summed E-state index contributed by atoms with van der Waals surface area (Å²) in [5, 5.41) is 113. The highest BCUT2D eigenvalue weighted by Gasteiger charge is 2.48. The van der Waals surface area contributed by atoms with Crippen LogP contribution >= 0.6 is 7.37 Å². The van der Waals surface area contributed by atoms with Gasteiger partial charge in [-0.3, -0.25) is 33.3 Å². The Hall–Kier alpha value is -3.47. The molecule has 5 amide bonds. The lowest BCUT2D eigenvalue weighted by atomic mass is 9.97. The van der Waals surface area contributed by atoms with E-state index in [4.69, 9.17) is 32.9 Å². The van der Waals surface area contributed by atoms with E-state index in [-0.39, 0.29) is 64.0 Å². The molecule has 14 N–H and O–H groups in total. The van der Waals surface area contributed by atoms with E-state index < -0.39 is 155 Å². The van der Waals surface area contributed by atoms with E-state index in [1.54, 1.807) is 0 Å².